The number of amidine groups is 1. The number of hydrogen-bond acceptors (Lipinski definition) is 5. The molecule has 0 aliphatic carbocycles. The maximum Gasteiger partial charge on any atom is 0.324 e. The number of likely N-dealkylation sites (tertiary alicyclic amines) is 1. The van der Waals surface area contributed by atoms with Crippen LogP contribution in [0, 0.1) is 0 Å². The summed E-state index contributed by atoms with van der Waals surface area (Å²) in [5.74, 6) is 0.505. The van der Waals surface area contributed by atoms with Crippen molar-refractivity contribution in [3.8, 4) is 0 Å². The number of benzene rings is 1. The molecule has 27 heavy (non-hydrogen) atoms. The number of nitrogens with zero attached hydrogens (tertiary/aromatic N) is 6. The molecule has 2 aromatic rings. The molecule has 3 aliphatic rings. The van der Waals surface area contributed by atoms with Crippen LogP contribution in [0.15, 0.2) is 46.0 Å². The number of aromatic nitrogens is 2. The predicted octanol–water partition coefficient (Wildman–Crippen LogP) is 0.761. The Bertz CT molecular complexity index is 1070. The lowest BCUT2D eigenvalue weighted by atomic mass is 10.1. The number of likely N-dealkylation sites (N-methyl/N-ethyl adjacent to an activating group) is 1. The normalized spacial score (nSPS) is 21.4. The molecule has 2 amide bonds. The van der Waals surface area contributed by atoms with Crippen LogP contribution in [-0.4, -0.2) is 73.1 Å². The summed E-state index contributed by atoms with van der Waals surface area (Å²) in [4.78, 5) is 17.7. The van der Waals surface area contributed by atoms with Crippen molar-refractivity contribution < 1.29 is 13.2 Å². The summed E-state index contributed by atoms with van der Waals surface area (Å²) in [6.45, 7) is 2.60. The molecule has 0 N–H and O–H groups in total. The molecule has 4 heterocycles. The molecule has 0 atom stereocenters. The van der Waals surface area contributed by atoms with Crippen molar-refractivity contribution in [3.63, 3.8) is 0 Å². The van der Waals surface area contributed by atoms with Crippen molar-refractivity contribution in [2.75, 3.05) is 38.1 Å². The Morgan fingerprint density at radius 3 is 2.67 bits per heavy atom. The monoisotopic (exact) mass is 386 g/mol. The number of carbonyl (C=O) groups is 1. The Hall–Kier alpha value is -2.88. The summed E-state index contributed by atoms with van der Waals surface area (Å²) in [6, 6.07) is 6.99. The van der Waals surface area contributed by atoms with Crippen molar-refractivity contribution >= 4 is 27.6 Å². The molecule has 0 unspecified atom stereocenters. The third kappa shape index (κ3) is 2.43. The van der Waals surface area contributed by atoms with Crippen LogP contribution < -0.4 is 4.90 Å². The lowest BCUT2D eigenvalue weighted by molar-refractivity contribution is 0.180. The molecule has 0 radical (unpaired) electrons. The van der Waals surface area contributed by atoms with Crippen molar-refractivity contribution in [2.45, 2.75) is 10.9 Å². The van der Waals surface area contributed by atoms with Crippen LogP contribution in [0.3, 0.4) is 0 Å². The first-order valence-corrected chi connectivity index (χ1v) is 10.1. The number of urea groups is 1. The predicted molar refractivity (Wildman–Crippen MR) is 98.4 cm³/mol. The van der Waals surface area contributed by atoms with Gasteiger partial charge in [-0.3, -0.25) is 9.58 Å². The van der Waals surface area contributed by atoms with E-state index in [2.05, 4.69) is 9.50 Å². The van der Waals surface area contributed by atoms with E-state index >= 15 is 0 Å². The first kappa shape index (κ1) is 16.3. The van der Waals surface area contributed by atoms with E-state index < -0.39 is 10.0 Å². The number of fused-ring (bicyclic) bond motifs is 1. The zero-order valence-electron chi connectivity index (χ0n) is 14.7. The summed E-state index contributed by atoms with van der Waals surface area (Å²) >= 11 is 0. The standard InChI is InChI=1S/C17H18N6O3S/c1-20-6-7-22(17(20)24)12-8-18-23(11-12)13-9-21(10-13)16-14-4-2-3-5-15(14)27(25,26)19-16/h2-5,8,11,13H,6-7,9-10H2,1H3. The summed E-state index contributed by atoms with van der Waals surface area (Å²) in [6.07, 6.45) is 3.58. The van der Waals surface area contributed by atoms with Gasteiger partial charge in [-0.15, -0.1) is 4.40 Å². The molecule has 1 aromatic carbocycles. The maximum atomic E-state index is 12.2. The van der Waals surface area contributed by atoms with Crippen molar-refractivity contribution in [1.82, 2.24) is 19.6 Å². The van der Waals surface area contributed by atoms with Crippen LogP contribution >= 0.6 is 0 Å². The first-order valence-electron chi connectivity index (χ1n) is 8.70. The Labute approximate surface area is 156 Å². The van der Waals surface area contributed by atoms with Crippen LogP contribution in [0.25, 0.3) is 0 Å². The number of amides is 2. The average molecular weight is 386 g/mol. The second-order valence-corrected chi connectivity index (χ2v) is 8.55. The summed E-state index contributed by atoms with van der Waals surface area (Å²) < 4.78 is 30.2. The highest BCUT2D eigenvalue weighted by Gasteiger charge is 2.38. The van der Waals surface area contributed by atoms with E-state index in [1.165, 1.54) is 0 Å². The van der Waals surface area contributed by atoms with Gasteiger partial charge in [-0.05, 0) is 12.1 Å². The lowest BCUT2D eigenvalue weighted by Crippen LogP contribution is -2.50. The van der Waals surface area contributed by atoms with Gasteiger partial charge in [-0.25, -0.2) is 4.79 Å². The van der Waals surface area contributed by atoms with Crippen LogP contribution in [0.4, 0.5) is 10.5 Å². The van der Waals surface area contributed by atoms with Gasteiger partial charge in [-0.1, -0.05) is 12.1 Å². The zero-order valence-corrected chi connectivity index (χ0v) is 15.5. The SMILES string of the molecule is CN1CCN(c2cnn(C3CN(C4=NS(=O)(=O)c5ccccc54)C3)c2)C1=O. The third-order valence-corrected chi connectivity index (χ3v) is 6.59. The van der Waals surface area contributed by atoms with Crippen LogP contribution in [0.1, 0.15) is 11.6 Å². The molecular formula is C17H18N6O3S. The molecule has 3 aliphatic heterocycles. The van der Waals surface area contributed by atoms with Gasteiger partial charge in [0.25, 0.3) is 10.0 Å². The number of anilines is 1. The fourth-order valence-electron chi connectivity index (χ4n) is 3.67. The smallest absolute Gasteiger partial charge is 0.324 e. The summed E-state index contributed by atoms with van der Waals surface area (Å²) in [5.41, 5.74) is 1.44. The highest BCUT2D eigenvalue weighted by atomic mass is 32.2. The molecule has 2 fully saturated rings. The number of carbonyl (C=O) groups excluding carboxylic acids is 1. The number of rotatable bonds is 2. The van der Waals surface area contributed by atoms with Gasteiger partial charge in [0.1, 0.15) is 4.90 Å². The van der Waals surface area contributed by atoms with Gasteiger partial charge in [0.2, 0.25) is 0 Å². The summed E-state index contributed by atoms with van der Waals surface area (Å²) in [7, 11) is -1.82. The van der Waals surface area contributed by atoms with Gasteiger partial charge in [0.15, 0.2) is 5.84 Å². The number of hydrogen-bond donors (Lipinski definition) is 0. The average Bonchev–Trinajstić information content (AvgIpc) is 3.27. The Morgan fingerprint density at radius 2 is 1.93 bits per heavy atom. The minimum absolute atomic E-state index is 0.0214. The highest BCUT2D eigenvalue weighted by Crippen LogP contribution is 2.32. The van der Waals surface area contributed by atoms with Crippen molar-refractivity contribution in [2.24, 2.45) is 4.40 Å². The van der Waals surface area contributed by atoms with E-state index in [0.717, 1.165) is 5.69 Å². The van der Waals surface area contributed by atoms with Gasteiger partial charge >= 0.3 is 6.03 Å². The van der Waals surface area contributed by atoms with Crippen molar-refractivity contribution in [1.29, 1.82) is 0 Å². The first-order chi connectivity index (χ1) is 12.9. The fraction of sp³-hybridized carbons (Fsp3) is 0.353. The van der Waals surface area contributed by atoms with Gasteiger partial charge < -0.3 is 9.80 Å². The Kier molecular flexibility index (Phi) is 3.36. The van der Waals surface area contributed by atoms with E-state index in [1.807, 2.05) is 21.8 Å². The van der Waals surface area contributed by atoms with Gasteiger partial charge in [0.05, 0.1) is 17.9 Å². The second-order valence-electron chi connectivity index (χ2n) is 6.98. The fourth-order valence-corrected chi connectivity index (χ4v) is 4.89. The minimum Gasteiger partial charge on any atom is -0.351 e. The van der Waals surface area contributed by atoms with Crippen LogP contribution in [-0.2, 0) is 10.0 Å². The third-order valence-electron chi connectivity index (χ3n) is 5.26. The molecule has 0 saturated carbocycles. The minimum atomic E-state index is -3.60. The van der Waals surface area contributed by atoms with Gasteiger partial charge in [-0.2, -0.15) is 13.5 Å². The van der Waals surface area contributed by atoms with Crippen LogP contribution in [0.5, 0.6) is 0 Å². The molecule has 5 rings (SSSR count). The maximum absolute atomic E-state index is 12.2. The van der Waals surface area contributed by atoms with E-state index in [9.17, 15) is 13.2 Å². The topological polar surface area (TPSA) is 91.1 Å². The molecule has 9 nitrogen and oxygen atoms in total. The highest BCUT2D eigenvalue weighted by molar-refractivity contribution is 7.90. The molecule has 140 valence electrons. The Morgan fingerprint density at radius 1 is 1.15 bits per heavy atom. The van der Waals surface area contributed by atoms with Crippen LogP contribution in [0.2, 0.25) is 0 Å². The molecule has 0 bridgehead atoms. The molecular weight excluding hydrogens is 368 g/mol. The molecule has 2 saturated heterocycles. The Balaban J connectivity index is 1.32. The van der Waals surface area contributed by atoms with Crippen molar-refractivity contribution in [3.05, 3.63) is 42.2 Å². The molecule has 0 spiro atoms. The van der Waals surface area contributed by atoms with Gasteiger partial charge in [0, 0.05) is 45.0 Å². The largest absolute Gasteiger partial charge is 0.351 e. The second kappa shape index (κ2) is 5.56. The zero-order chi connectivity index (χ0) is 18.8. The molecule has 10 heteroatoms. The van der Waals surface area contributed by atoms with E-state index in [0.29, 0.717) is 37.6 Å². The molecule has 1 aromatic heterocycles. The van der Waals surface area contributed by atoms with E-state index in [1.54, 1.807) is 41.2 Å². The lowest BCUT2D eigenvalue weighted by Gasteiger charge is -2.40. The summed E-state index contributed by atoms with van der Waals surface area (Å²) in [5, 5.41) is 4.40. The van der Waals surface area contributed by atoms with E-state index in [-0.39, 0.29) is 17.0 Å². The number of sulfonamides is 1. The quantitative estimate of drug-likeness (QED) is 0.760. The van der Waals surface area contributed by atoms with E-state index in [4.69, 9.17) is 0 Å².